The molecule has 0 saturated heterocycles. The summed E-state index contributed by atoms with van der Waals surface area (Å²) in [7, 11) is 0. The van der Waals surface area contributed by atoms with Crippen molar-refractivity contribution in [2.45, 2.75) is 20.8 Å². The highest BCUT2D eigenvalue weighted by atomic mass is 79.9. The van der Waals surface area contributed by atoms with Crippen molar-refractivity contribution < 1.29 is 14.7 Å². The minimum Gasteiger partial charge on any atom is -0.478 e. The second-order valence-corrected chi connectivity index (χ2v) is 6.42. The number of carboxylic acid groups (broad SMARTS) is 1. The van der Waals surface area contributed by atoms with Gasteiger partial charge >= 0.3 is 5.97 Å². The van der Waals surface area contributed by atoms with Gasteiger partial charge in [-0.2, -0.15) is 0 Å². The first-order chi connectivity index (χ1) is 9.11. The van der Waals surface area contributed by atoms with E-state index in [9.17, 15) is 9.59 Å². The van der Waals surface area contributed by atoms with Gasteiger partial charge < -0.3 is 15.7 Å². The highest BCUT2D eigenvalue weighted by Gasteiger charge is 2.22. The Labute approximate surface area is 130 Å². The summed E-state index contributed by atoms with van der Waals surface area (Å²) < 4.78 is 0.648. The van der Waals surface area contributed by atoms with Crippen LogP contribution in [0.25, 0.3) is 0 Å². The van der Waals surface area contributed by atoms with E-state index in [0.29, 0.717) is 10.2 Å². The third-order valence-electron chi connectivity index (χ3n) is 2.37. The number of thiocarbonyl (C=S) groups is 1. The van der Waals surface area contributed by atoms with Gasteiger partial charge in [0.05, 0.1) is 11.3 Å². The van der Waals surface area contributed by atoms with Crippen LogP contribution in [0.4, 0.5) is 5.69 Å². The third-order valence-corrected chi connectivity index (χ3v) is 3.27. The summed E-state index contributed by atoms with van der Waals surface area (Å²) in [6.07, 6.45) is 0. The van der Waals surface area contributed by atoms with Crippen LogP contribution in [0.5, 0.6) is 0 Å². The topological polar surface area (TPSA) is 78.4 Å². The number of benzene rings is 1. The molecule has 5 nitrogen and oxygen atoms in total. The van der Waals surface area contributed by atoms with E-state index < -0.39 is 11.4 Å². The number of halogens is 1. The predicted octanol–water partition coefficient (Wildman–Crippen LogP) is 3.01. The Morgan fingerprint density at radius 1 is 1.30 bits per heavy atom. The second-order valence-electron chi connectivity index (χ2n) is 5.16. The van der Waals surface area contributed by atoms with Crippen LogP contribution in [0.1, 0.15) is 31.1 Å². The quantitative estimate of drug-likeness (QED) is 0.708. The molecule has 1 amide bonds. The number of rotatable bonds is 2. The largest absolute Gasteiger partial charge is 0.478 e. The van der Waals surface area contributed by atoms with E-state index in [1.54, 1.807) is 26.8 Å². The van der Waals surface area contributed by atoms with Gasteiger partial charge in [0.2, 0.25) is 5.91 Å². The van der Waals surface area contributed by atoms with Gasteiger partial charge in [-0.25, -0.2) is 4.79 Å². The lowest BCUT2D eigenvalue weighted by atomic mass is 9.96. The van der Waals surface area contributed by atoms with Crippen LogP contribution in [0.15, 0.2) is 22.7 Å². The normalized spacial score (nSPS) is 10.8. The zero-order chi connectivity index (χ0) is 15.5. The first kappa shape index (κ1) is 16.6. The molecule has 0 unspecified atom stereocenters. The van der Waals surface area contributed by atoms with Crippen LogP contribution >= 0.6 is 28.1 Å². The van der Waals surface area contributed by atoms with Crippen molar-refractivity contribution in [3.8, 4) is 0 Å². The lowest BCUT2D eigenvalue weighted by Gasteiger charge is -2.19. The molecular weight excluding hydrogens is 344 g/mol. The standard InChI is InChI=1S/C13H15BrN2O3S/c1-13(2,3)11(19)16-12(20)15-9-6-7(10(17)18)4-5-8(9)14/h4-6H,1-3H3,(H,17,18)(H2,15,16,19,20). The van der Waals surface area contributed by atoms with Gasteiger partial charge in [0.25, 0.3) is 0 Å². The number of anilines is 1. The fourth-order valence-corrected chi connectivity index (χ4v) is 1.75. The van der Waals surface area contributed by atoms with Crippen LogP contribution in [0, 0.1) is 5.41 Å². The molecule has 3 N–H and O–H groups in total. The molecule has 7 heteroatoms. The van der Waals surface area contributed by atoms with Crippen LogP contribution in [0.3, 0.4) is 0 Å². The number of amides is 1. The highest BCUT2D eigenvalue weighted by molar-refractivity contribution is 9.10. The fraction of sp³-hybridized carbons (Fsp3) is 0.308. The SMILES string of the molecule is CC(C)(C)C(=O)NC(=S)Nc1cc(C(=O)O)ccc1Br. The van der Waals surface area contributed by atoms with Crippen LogP contribution in [0.2, 0.25) is 0 Å². The van der Waals surface area contributed by atoms with Crippen molar-refractivity contribution in [2.75, 3.05) is 5.32 Å². The van der Waals surface area contributed by atoms with Crippen molar-refractivity contribution in [1.29, 1.82) is 0 Å². The molecule has 0 bridgehead atoms. The molecule has 0 aliphatic heterocycles. The van der Waals surface area contributed by atoms with E-state index in [1.165, 1.54) is 12.1 Å². The molecule has 0 saturated carbocycles. The van der Waals surface area contributed by atoms with E-state index in [2.05, 4.69) is 26.6 Å². The number of aromatic carboxylic acids is 1. The van der Waals surface area contributed by atoms with Crippen molar-refractivity contribution in [3.63, 3.8) is 0 Å². The molecule has 0 fully saturated rings. The smallest absolute Gasteiger partial charge is 0.335 e. The Balaban J connectivity index is 2.83. The predicted molar refractivity (Wildman–Crippen MR) is 84.9 cm³/mol. The Morgan fingerprint density at radius 3 is 2.40 bits per heavy atom. The first-order valence-electron chi connectivity index (χ1n) is 5.76. The van der Waals surface area contributed by atoms with Crippen molar-refractivity contribution >= 4 is 50.8 Å². The summed E-state index contributed by atoms with van der Waals surface area (Å²) >= 11 is 8.32. The Bertz CT molecular complexity index is 567. The Kier molecular flexibility index (Phi) is 5.24. The van der Waals surface area contributed by atoms with Crippen LogP contribution in [-0.4, -0.2) is 22.1 Å². The van der Waals surface area contributed by atoms with E-state index in [1.807, 2.05) is 0 Å². The summed E-state index contributed by atoms with van der Waals surface area (Å²) in [5, 5.41) is 14.4. The maximum atomic E-state index is 11.8. The van der Waals surface area contributed by atoms with Crippen LogP contribution in [-0.2, 0) is 4.79 Å². The fourth-order valence-electron chi connectivity index (χ4n) is 1.20. The van der Waals surface area contributed by atoms with Gasteiger partial charge in [-0.1, -0.05) is 20.8 Å². The number of carbonyl (C=O) groups excluding carboxylic acids is 1. The van der Waals surface area contributed by atoms with Gasteiger partial charge in [0.1, 0.15) is 0 Å². The Morgan fingerprint density at radius 2 is 1.90 bits per heavy atom. The lowest BCUT2D eigenvalue weighted by molar-refractivity contribution is -0.126. The van der Waals surface area contributed by atoms with Gasteiger partial charge in [-0.05, 0) is 46.3 Å². The monoisotopic (exact) mass is 358 g/mol. The lowest BCUT2D eigenvalue weighted by Crippen LogP contribution is -2.41. The van der Waals surface area contributed by atoms with Crippen molar-refractivity contribution in [3.05, 3.63) is 28.2 Å². The average molecular weight is 359 g/mol. The van der Waals surface area contributed by atoms with E-state index in [4.69, 9.17) is 17.3 Å². The highest BCUT2D eigenvalue weighted by Crippen LogP contribution is 2.23. The molecule has 108 valence electrons. The number of carboxylic acids is 1. The minimum atomic E-state index is -1.04. The summed E-state index contributed by atoms with van der Waals surface area (Å²) in [5.74, 6) is -1.26. The molecule has 1 aromatic rings. The zero-order valence-electron chi connectivity index (χ0n) is 11.3. The van der Waals surface area contributed by atoms with Gasteiger partial charge in [-0.3, -0.25) is 4.79 Å². The molecular formula is C13H15BrN2O3S. The molecule has 0 heterocycles. The minimum absolute atomic E-state index is 0.119. The number of hydrogen-bond donors (Lipinski definition) is 3. The summed E-state index contributed by atoms with van der Waals surface area (Å²) in [6, 6.07) is 4.50. The van der Waals surface area contributed by atoms with E-state index >= 15 is 0 Å². The van der Waals surface area contributed by atoms with Crippen molar-refractivity contribution in [1.82, 2.24) is 5.32 Å². The van der Waals surface area contributed by atoms with Gasteiger partial charge in [0.15, 0.2) is 5.11 Å². The molecule has 1 rings (SSSR count). The van der Waals surface area contributed by atoms with Gasteiger partial charge in [-0.15, -0.1) is 0 Å². The molecule has 20 heavy (non-hydrogen) atoms. The Hall–Kier alpha value is -1.47. The maximum absolute atomic E-state index is 11.8. The zero-order valence-corrected chi connectivity index (χ0v) is 13.7. The number of hydrogen-bond acceptors (Lipinski definition) is 3. The summed E-state index contributed by atoms with van der Waals surface area (Å²) in [4.78, 5) is 22.7. The molecule has 0 aromatic heterocycles. The maximum Gasteiger partial charge on any atom is 0.335 e. The third kappa shape index (κ3) is 4.57. The molecule has 0 radical (unpaired) electrons. The molecule has 0 atom stereocenters. The first-order valence-corrected chi connectivity index (χ1v) is 6.96. The molecule has 1 aromatic carbocycles. The van der Waals surface area contributed by atoms with E-state index in [-0.39, 0.29) is 16.6 Å². The van der Waals surface area contributed by atoms with Gasteiger partial charge in [0, 0.05) is 9.89 Å². The van der Waals surface area contributed by atoms with Crippen LogP contribution < -0.4 is 10.6 Å². The average Bonchev–Trinajstić information content (AvgIpc) is 2.30. The number of nitrogens with one attached hydrogen (secondary N) is 2. The second kappa shape index (κ2) is 6.32. The summed E-state index contributed by atoms with van der Waals surface area (Å²) in [5.41, 5.74) is 0.0380. The van der Waals surface area contributed by atoms with Crippen molar-refractivity contribution in [2.24, 2.45) is 5.41 Å². The molecule has 0 spiro atoms. The molecule has 0 aliphatic carbocycles. The summed E-state index contributed by atoms with van der Waals surface area (Å²) in [6.45, 7) is 5.31. The van der Waals surface area contributed by atoms with E-state index in [0.717, 1.165) is 0 Å². The molecule has 0 aliphatic rings. The number of carbonyl (C=O) groups is 2.